The van der Waals surface area contributed by atoms with E-state index in [1.165, 1.54) is 31.7 Å². The first-order valence-corrected chi connectivity index (χ1v) is 8.46. The average molecular weight is 431 g/mol. The van der Waals surface area contributed by atoms with Gasteiger partial charge in [-0.05, 0) is 61.5 Å². The van der Waals surface area contributed by atoms with Gasteiger partial charge in [-0.1, -0.05) is 18.2 Å². The Morgan fingerprint density at radius 1 is 1.17 bits per heavy atom. The van der Waals surface area contributed by atoms with Gasteiger partial charge in [-0.2, -0.15) is 0 Å². The minimum Gasteiger partial charge on any atom is -0.356 e. The van der Waals surface area contributed by atoms with Crippen LogP contribution in [0.4, 0.5) is 4.39 Å². The van der Waals surface area contributed by atoms with Crippen LogP contribution in [-0.2, 0) is 6.42 Å². The number of hydrogen-bond donors (Lipinski definition) is 2. The van der Waals surface area contributed by atoms with E-state index in [0.29, 0.717) is 13.0 Å². The molecular formula is C18H27FIN3. The summed E-state index contributed by atoms with van der Waals surface area (Å²) in [5, 5.41) is 6.75. The van der Waals surface area contributed by atoms with E-state index in [1.807, 2.05) is 12.1 Å². The third-order valence-corrected chi connectivity index (χ3v) is 4.83. The number of nitrogens with one attached hydrogen (secondary N) is 2. The van der Waals surface area contributed by atoms with Gasteiger partial charge in [0.05, 0.1) is 0 Å². The van der Waals surface area contributed by atoms with Gasteiger partial charge < -0.3 is 10.6 Å². The number of halogens is 2. The highest BCUT2D eigenvalue weighted by atomic mass is 127. The molecule has 1 aromatic carbocycles. The SMILES string of the molecule is CN=C(NCCc1ccccc1F)NCC(C1CC1)C1CC1.I. The number of guanidine groups is 1. The van der Waals surface area contributed by atoms with E-state index in [2.05, 4.69) is 15.6 Å². The Labute approximate surface area is 155 Å². The van der Waals surface area contributed by atoms with E-state index < -0.39 is 0 Å². The van der Waals surface area contributed by atoms with E-state index in [9.17, 15) is 4.39 Å². The molecule has 2 aliphatic rings. The zero-order valence-electron chi connectivity index (χ0n) is 13.7. The Bertz CT molecular complexity index is 515. The summed E-state index contributed by atoms with van der Waals surface area (Å²) < 4.78 is 13.6. The molecule has 23 heavy (non-hydrogen) atoms. The molecule has 0 amide bonds. The maximum absolute atomic E-state index is 13.6. The van der Waals surface area contributed by atoms with E-state index in [4.69, 9.17) is 0 Å². The standard InChI is InChI=1S/C18H26FN3.HI/c1-20-18(21-11-10-15-4-2-3-5-17(15)19)22-12-16(13-6-7-13)14-8-9-14;/h2-5,13-14,16H,6-12H2,1H3,(H2,20,21,22);1H. The van der Waals surface area contributed by atoms with Crippen molar-refractivity contribution < 1.29 is 4.39 Å². The first-order valence-electron chi connectivity index (χ1n) is 8.46. The second-order valence-corrected chi connectivity index (χ2v) is 6.56. The molecule has 2 saturated carbocycles. The van der Waals surface area contributed by atoms with Gasteiger partial charge in [0.2, 0.25) is 0 Å². The van der Waals surface area contributed by atoms with Crippen LogP contribution in [0.15, 0.2) is 29.3 Å². The van der Waals surface area contributed by atoms with Crippen LogP contribution in [0.25, 0.3) is 0 Å². The molecule has 0 saturated heterocycles. The van der Waals surface area contributed by atoms with Gasteiger partial charge in [-0.15, -0.1) is 24.0 Å². The molecule has 3 nitrogen and oxygen atoms in total. The maximum Gasteiger partial charge on any atom is 0.190 e. The second kappa shape index (κ2) is 8.85. The lowest BCUT2D eigenvalue weighted by Crippen LogP contribution is -2.41. The van der Waals surface area contributed by atoms with Gasteiger partial charge in [-0.25, -0.2) is 4.39 Å². The lowest BCUT2D eigenvalue weighted by molar-refractivity contribution is 0.400. The van der Waals surface area contributed by atoms with Gasteiger partial charge in [0.15, 0.2) is 5.96 Å². The van der Waals surface area contributed by atoms with E-state index in [1.54, 1.807) is 13.1 Å². The van der Waals surface area contributed by atoms with Crippen LogP contribution in [0.3, 0.4) is 0 Å². The Balaban J connectivity index is 0.00000192. The number of benzene rings is 1. The fraction of sp³-hybridized carbons (Fsp3) is 0.611. The first kappa shape index (κ1) is 18.5. The van der Waals surface area contributed by atoms with Crippen LogP contribution in [0.5, 0.6) is 0 Å². The molecule has 0 heterocycles. The summed E-state index contributed by atoms with van der Waals surface area (Å²) >= 11 is 0. The molecule has 0 spiro atoms. The minimum absolute atomic E-state index is 0. The van der Waals surface area contributed by atoms with Crippen molar-refractivity contribution in [3.8, 4) is 0 Å². The highest BCUT2D eigenvalue weighted by Crippen LogP contribution is 2.48. The molecule has 0 bridgehead atoms. The van der Waals surface area contributed by atoms with Crippen LogP contribution >= 0.6 is 24.0 Å². The molecule has 2 aliphatic carbocycles. The van der Waals surface area contributed by atoms with Crippen molar-refractivity contribution in [1.82, 2.24) is 10.6 Å². The topological polar surface area (TPSA) is 36.4 Å². The molecule has 5 heteroatoms. The van der Waals surface area contributed by atoms with Gasteiger partial charge >= 0.3 is 0 Å². The monoisotopic (exact) mass is 431 g/mol. The van der Waals surface area contributed by atoms with Crippen LogP contribution in [0, 0.1) is 23.6 Å². The van der Waals surface area contributed by atoms with E-state index in [0.717, 1.165) is 35.8 Å². The van der Waals surface area contributed by atoms with E-state index in [-0.39, 0.29) is 29.8 Å². The lowest BCUT2D eigenvalue weighted by Gasteiger charge is -2.18. The largest absolute Gasteiger partial charge is 0.356 e. The van der Waals surface area contributed by atoms with Crippen LogP contribution in [-0.4, -0.2) is 26.1 Å². The van der Waals surface area contributed by atoms with Gasteiger partial charge in [0, 0.05) is 20.1 Å². The Morgan fingerprint density at radius 3 is 2.39 bits per heavy atom. The van der Waals surface area contributed by atoms with Crippen molar-refractivity contribution in [2.75, 3.05) is 20.1 Å². The molecule has 0 aliphatic heterocycles. The third kappa shape index (κ3) is 5.62. The molecule has 2 fully saturated rings. The molecule has 1 aromatic rings. The molecule has 0 atom stereocenters. The maximum atomic E-state index is 13.6. The van der Waals surface area contributed by atoms with Crippen LogP contribution in [0.2, 0.25) is 0 Å². The average Bonchev–Trinajstić information content (AvgIpc) is 3.40. The van der Waals surface area contributed by atoms with Crippen LogP contribution < -0.4 is 10.6 Å². The predicted octanol–water partition coefficient (Wildman–Crippen LogP) is 3.59. The highest BCUT2D eigenvalue weighted by molar-refractivity contribution is 14.0. The Hall–Kier alpha value is -0.850. The summed E-state index contributed by atoms with van der Waals surface area (Å²) in [6, 6.07) is 6.95. The molecule has 3 rings (SSSR count). The van der Waals surface area contributed by atoms with Crippen molar-refractivity contribution in [1.29, 1.82) is 0 Å². The molecule has 0 radical (unpaired) electrons. The fourth-order valence-corrected chi connectivity index (χ4v) is 3.22. The molecule has 128 valence electrons. The third-order valence-electron chi connectivity index (χ3n) is 4.83. The number of aliphatic imine (C=N–C) groups is 1. The molecule has 0 aromatic heterocycles. The lowest BCUT2D eigenvalue weighted by atomic mass is 9.98. The van der Waals surface area contributed by atoms with Crippen molar-refractivity contribution >= 4 is 29.9 Å². The summed E-state index contributed by atoms with van der Waals surface area (Å²) in [5.41, 5.74) is 0.749. The van der Waals surface area contributed by atoms with Crippen LogP contribution in [0.1, 0.15) is 31.2 Å². The smallest absolute Gasteiger partial charge is 0.190 e. The van der Waals surface area contributed by atoms with Gasteiger partial charge in [0.25, 0.3) is 0 Å². The van der Waals surface area contributed by atoms with Crippen molar-refractivity contribution in [2.24, 2.45) is 22.7 Å². The Kier molecular flexibility index (Phi) is 7.11. The predicted molar refractivity (Wildman–Crippen MR) is 104 cm³/mol. The fourth-order valence-electron chi connectivity index (χ4n) is 3.22. The quantitative estimate of drug-likeness (QED) is 0.394. The zero-order chi connectivity index (χ0) is 15.4. The second-order valence-electron chi connectivity index (χ2n) is 6.56. The molecule has 0 unspecified atom stereocenters. The summed E-state index contributed by atoms with van der Waals surface area (Å²) in [6.07, 6.45) is 6.29. The van der Waals surface area contributed by atoms with Gasteiger partial charge in [0.1, 0.15) is 5.82 Å². The minimum atomic E-state index is -0.130. The summed E-state index contributed by atoms with van der Waals surface area (Å²) in [6.45, 7) is 1.72. The summed E-state index contributed by atoms with van der Waals surface area (Å²) in [5.74, 6) is 3.41. The normalized spacial score (nSPS) is 17.8. The Morgan fingerprint density at radius 2 is 1.83 bits per heavy atom. The van der Waals surface area contributed by atoms with Gasteiger partial charge in [-0.3, -0.25) is 4.99 Å². The first-order chi connectivity index (χ1) is 10.8. The summed E-state index contributed by atoms with van der Waals surface area (Å²) in [7, 11) is 1.79. The zero-order valence-corrected chi connectivity index (χ0v) is 16.1. The molecule has 2 N–H and O–H groups in total. The molecular weight excluding hydrogens is 404 g/mol. The highest BCUT2D eigenvalue weighted by Gasteiger charge is 2.41. The van der Waals surface area contributed by atoms with Crippen molar-refractivity contribution in [2.45, 2.75) is 32.1 Å². The number of rotatable bonds is 7. The summed E-state index contributed by atoms with van der Waals surface area (Å²) in [4.78, 5) is 4.27. The van der Waals surface area contributed by atoms with E-state index >= 15 is 0 Å². The number of hydrogen-bond acceptors (Lipinski definition) is 1. The number of nitrogens with zero attached hydrogens (tertiary/aromatic N) is 1. The van der Waals surface area contributed by atoms with Crippen molar-refractivity contribution in [3.05, 3.63) is 35.6 Å². The van der Waals surface area contributed by atoms with Crippen molar-refractivity contribution in [3.63, 3.8) is 0 Å².